The molecule has 76 heavy (non-hydrogen) atoms. The molecule has 15 aromatic rings. The van der Waals surface area contributed by atoms with E-state index in [2.05, 4.69) is 281 Å². The number of anilines is 6. The fraction of sp³-hybridized carbons (Fsp3) is 0. The van der Waals surface area contributed by atoms with Crippen LogP contribution in [0.15, 0.2) is 267 Å². The topological polar surface area (TPSA) is 11.4 Å². The van der Waals surface area contributed by atoms with Crippen molar-refractivity contribution in [1.82, 2.24) is 4.57 Å². The van der Waals surface area contributed by atoms with Gasteiger partial charge in [-0.2, -0.15) is 0 Å². The van der Waals surface area contributed by atoms with Crippen LogP contribution in [-0.2, 0) is 0 Å². The molecule has 3 nitrogen and oxygen atoms in total. The van der Waals surface area contributed by atoms with Gasteiger partial charge in [0.25, 0.3) is 6.71 Å². The van der Waals surface area contributed by atoms with Crippen molar-refractivity contribution in [3.05, 3.63) is 267 Å². The van der Waals surface area contributed by atoms with Crippen molar-refractivity contribution in [3.63, 3.8) is 0 Å². The van der Waals surface area contributed by atoms with Gasteiger partial charge in [0.05, 0.1) is 11.0 Å². The van der Waals surface area contributed by atoms with Crippen molar-refractivity contribution in [2.24, 2.45) is 0 Å². The SMILES string of the molecule is c1ccc(-c2ccc3c(c2)B2c4ccc(-n5c6ccccc6c6ccccc65)cc4N(c4ccc5c6ccccc6c6ccccc6c5c4)c4cccc(c42)N3c2ccc3c4ccccc4c4ccccc4c3c2)cc1. The molecule has 0 saturated carbocycles. The number of hydrogen-bond donors (Lipinski definition) is 0. The maximum atomic E-state index is 2.58. The number of benzene rings is 14. The molecule has 0 saturated heterocycles. The lowest BCUT2D eigenvalue weighted by Gasteiger charge is -2.44. The minimum absolute atomic E-state index is 0.0741. The van der Waals surface area contributed by atoms with Gasteiger partial charge in [0, 0.05) is 50.6 Å². The van der Waals surface area contributed by atoms with E-state index in [0.29, 0.717) is 0 Å². The third-order valence-electron chi connectivity index (χ3n) is 16.9. The number of para-hydroxylation sites is 2. The average Bonchev–Trinajstić information content (AvgIpc) is 3.84. The van der Waals surface area contributed by atoms with Crippen LogP contribution >= 0.6 is 0 Å². The summed E-state index contributed by atoms with van der Waals surface area (Å²) in [6.07, 6.45) is 0. The van der Waals surface area contributed by atoms with Crippen molar-refractivity contribution >= 4 is 144 Å². The second-order valence-electron chi connectivity index (χ2n) is 20.7. The molecule has 0 bridgehead atoms. The first-order valence-corrected chi connectivity index (χ1v) is 26.4. The van der Waals surface area contributed by atoms with Crippen LogP contribution in [0.1, 0.15) is 0 Å². The second-order valence-corrected chi connectivity index (χ2v) is 20.7. The van der Waals surface area contributed by atoms with E-state index in [1.54, 1.807) is 0 Å². The lowest BCUT2D eigenvalue weighted by Crippen LogP contribution is -2.61. The summed E-state index contributed by atoms with van der Waals surface area (Å²) in [5, 5.41) is 17.7. The Balaban J connectivity index is 0.968. The van der Waals surface area contributed by atoms with Crippen LogP contribution in [0.5, 0.6) is 0 Å². The molecule has 2 aliphatic rings. The summed E-state index contributed by atoms with van der Waals surface area (Å²) >= 11 is 0. The van der Waals surface area contributed by atoms with Crippen LogP contribution in [-0.4, -0.2) is 11.3 Å². The summed E-state index contributed by atoms with van der Waals surface area (Å²) in [6.45, 7) is -0.0741. The number of hydrogen-bond acceptors (Lipinski definition) is 2. The molecule has 0 atom stereocenters. The predicted molar refractivity (Wildman–Crippen MR) is 325 cm³/mol. The Morgan fingerprint density at radius 1 is 0.224 bits per heavy atom. The zero-order chi connectivity index (χ0) is 49.6. The molecule has 0 amide bonds. The van der Waals surface area contributed by atoms with Crippen LogP contribution in [0, 0.1) is 0 Å². The van der Waals surface area contributed by atoms with E-state index in [4.69, 9.17) is 0 Å². The molecule has 4 heteroatoms. The van der Waals surface area contributed by atoms with Crippen LogP contribution in [0.4, 0.5) is 34.1 Å². The van der Waals surface area contributed by atoms with Crippen LogP contribution in [0.3, 0.4) is 0 Å². The van der Waals surface area contributed by atoms with Gasteiger partial charge in [0.2, 0.25) is 0 Å². The van der Waals surface area contributed by atoms with Gasteiger partial charge in [-0.25, -0.2) is 0 Å². The highest BCUT2D eigenvalue weighted by molar-refractivity contribution is 7.00. The Hall–Kier alpha value is -9.90. The highest BCUT2D eigenvalue weighted by Gasteiger charge is 2.43. The molecular formula is C72H44BN3. The smallest absolute Gasteiger partial charge is 0.252 e. The van der Waals surface area contributed by atoms with Gasteiger partial charge in [-0.3, -0.25) is 0 Å². The number of aromatic nitrogens is 1. The fourth-order valence-electron chi connectivity index (χ4n) is 13.7. The molecule has 1 aromatic heterocycles. The van der Waals surface area contributed by atoms with E-state index < -0.39 is 0 Å². The molecule has 0 aliphatic carbocycles. The summed E-state index contributed by atoms with van der Waals surface area (Å²) in [4.78, 5) is 5.13. The van der Waals surface area contributed by atoms with E-state index in [1.165, 1.54) is 137 Å². The van der Waals surface area contributed by atoms with Gasteiger partial charge in [0.15, 0.2) is 0 Å². The fourth-order valence-corrected chi connectivity index (χ4v) is 13.7. The molecule has 17 rings (SSSR count). The van der Waals surface area contributed by atoms with Crippen molar-refractivity contribution in [2.75, 3.05) is 9.80 Å². The number of rotatable bonds is 4. The minimum atomic E-state index is -0.0741. The predicted octanol–water partition coefficient (Wildman–Crippen LogP) is 17.5. The standard InChI is InChI=1S/C72H44BN3/c1-2-17-45(18-3-1)46-33-40-68-65(41-46)73-64-39-36-49(74-66-29-14-12-27-60(66)61-28-13-15-30-67(61)74)44-71(64)76(48-35-38-59-55-24-7-5-20-51(55)53-22-9-11-26-57(53)63(59)43-48)70-32-16-31-69(72(70)73)75(68)47-34-37-58-54-23-6-4-19-50(54)52-21-8-10-25-56(52)62(58)42-47/h1-44H. The van der Waals surface area contributed by atoms with E-state index >= 15 is 0 Å². The van der Waals surface area contributed by atoms with E-state index in [1.807, 2.05) is 0 Å². The van der Waals surface area contributed by atoms with Crippen molar-refractivity contribution in [1.29, 1.82) is 0 Å². The Morgan fingerprint density at radius 3 is 1.16 bits per heavy atom. The molecule has 14 aromatic carbocycles. The van der Waals surface area contributed by atoms with Gasteiger partial charge in [-0.15, -0.1) is 0 Å². The first-order valence-electron chi connectivity index (χ1n) is 26.4. The summed E-state index contributed by atoms with van der Waals surface area (Å²) in [5.74, 6) is 0. The molecular weight excluding hydrogens is 918 g/mol. The summed E-state index contributed by atoms with van der Waals surface area (Å²) in [5.41, 5.74) is 16.8. The van der Waals surface area contributed by atoms with E-state index in [-0.39, 0.29) is 6.71 Å². The van der Waals surface area contributed by atoms with Gasteiger partial charge in [0.1, 0.15) is 0 Å². The summed E-state index contributed by atoms with van der Waals surface area (Å²) < 4.78 is 2.46. The van der Waals surface area contributed by atoms with Crippen LogP contribution in [0.2, 0.25) is 0 Å². The minimum Gasteiger partial charge on any atom is -0.311 e. The third-order valence-corrected chi connectivity index (χ3v) is 16.9. The zero-order valence-corrected chi connectivity index (χ0v) is 41.3. The molecule has 0 radical (unpaired) electrons. The van der Waals surface area contributed by atoms with Gasteiger partial charge in [-0.1, -0.05) is 200 Å². The molecule has 0 N–H and O–H groups in total. The van der Waals surface area contributed by atoms with Crippen molar-refractivity contribution in [2.45, 2.75) is 0 Å². The molecule has 350 valence electrons. The highest BCUT2D eigenvalue weighted by Crippen LogP contribution is 2.48. The molecule has 0 spiro atoms. The largest absolute Gasteiger partial charge is 0.311 e. The van der Waals surface area contributed by atoms with E-state index in [9.17, 15) is 0 Å². The lowest BCUT2D eigenvalue weighted by molar-refractivity contribution is 1.17. The Bertz CT molecular complexity index is 4850. The van der Waals surface area contributed by atoms with Crippen LogP contribution in [0.25, 0.3) is 103 Å². The van der Waals surface area contributed by atoms with Crippen LogP contribution < -0.4 is 26.2 Å². The van der Waals surface area contributed by atoms with Crippen molar-refractivity contribution in [3.8, 4) is 16.8 Å². The molecule has 0 unspecified atom stereocenters. The second kappa shape index (κ2) is 15.8. The number of nitrogens with zero attached hydrogens (tertiary/aromatic N) is 3. The summed E-state index contributed by atoms with van der Waals surface area (Å²) in [6, 6.07) is 100. The monoisotopic (exact) mass is 961 g/mol. The molecule has 0 fully saturated rings. The quantitative estimate of drug-likeness (QED) is 0.129. The normalized spacial score (nSPS) is 12.9. The van der Waals surface area contributed by atoms with Gasteiger partial charge >= 0.3 is 0 Å². The third kappa shape index (κ3) is 5.78. The Labute approximate surface area is 439 Å². The van der Waals surface area contributed by atoms with Gasteiger partial charge < -0.3 is 14.4 Å². The Kier molecular flexibility index (Phi) is 8.64. The lowest BCUT2D eigenvalue weighted by atomic mass is 9.33. The number of fused-ring (bicyclic) bond motifs is 19. The molecule has 2 aliphatic heterocycles. The first kappa shape index (κ1) is 41.6. The van der Waals surface area contributed by atoms with Gasteiger partial charge in [-0.05, 0) is 159 Å². The summed E-state index contributed by atoms with van der Waals surface area (Å²) in [7, 11) is 0. The maximum absolute atomic E-state index is 2.58. The highest BCUT2D eigenvalue weighted by atomic mass is 15.2. The zero-order valence-electron chi connectivity index (χ0n) is 41.3. The average molecular weight is 962 g/mol. The first-order chi connectivity index (χ1) is 37.7. The van der Waals surface area contributed by atoms with Crippen molar-refractivity contribution < 1.29 is 0 Å². The Morgan fingerprint density at radius 2 is 0.645 bits per heavy atom. The maximum Gasteiger partial charge on any atom is 0.252 e. The van der Waals surface area contributed by atoms with E-state index in [0.717, 1.165) is 17.1 Å². The molecule has 3 heterocycles.